The molecule has 2 aromatic carbocycles. The van der Waals surface area contributed by atoms with Crippen LogP contribution < -0.4 is 9.47 Å². The van der Waals surface area contributed by atoms with Crippen molar-refractivity contribution in [2.45, 2.75) is 25.5 Å². The Bertz CT molecular complexity index is 1250. The van der Waals surface area contributed by atoms with E-state index < -0.39 is 0 Å². The summed E-state index contributed by atoms with van der Waals surface area (Å²) in [4.78, 5) is 19.2. The molecule has 1 aliphatic rings. The molecule has 3 heterocycles. The number of aromatic nitrogens is 2. The number of ether oxygens (including phenoxy) is 2. The first kappa shape index (κ1) is 20.1. The van der Waals surface area contributed by atoms with E-state index >= 15 is 0 Å². The Morgan fingerprint density at radius 3 is 3.00 bits per heavy atom. The number of likely N-dealkylation sites (tertiary alicyclic amines) is 1. The molecule has 0 N–H and O–H groups in total. The molecule has 1 amide bonds. The van der Waals surface area contributed by atoms with Crippen molar-refractivity contribution < 1.29 is 18.8 Å². The third kappa shape index (κ3) is 3.89. The summed E-state index contributed by atoms with van der Waals surface area (Å²) in [6.45, 7) is 0.866. The number of amides is 1. The molecule has 0 unspecified atom stereocenters. The van der Waals surface area contributed by atoms with Gasteiger partial charge < -0.3 is 18.9 Å². The van der Waals surface area contributed by atoms with Gasteiger partial charge in [-0.15, -0.1) is 0 Å². The summed E-state index contributed by atoms with van der Waals surface area (Å²) < 4.78 is 16.7. The molecule has 0 spiro atoms. The Morgan fingerprint density at radius 2 is 2.09 bits per heavy atom. The fraction of sp³-hybridized carbons (Fsp3) is 0.240. The molecule has 0 bridgehead atoms. The molecule has 1 atom stereocenters. The molecule has 1 fully saturated rings. The van der Waals surface area contributed by atoms with Crippen LogP contribution in [0.25, 0.3) is 10.8 Å². The van der Waals surface area contributed by atoms with Gasteiger partial charge in [0.2, 0.25) is 0 Å². The Labute approximate surface area is 185 Å². The molecule has 2 aromatic heterocycles. The molecule has 7 heteroatoms. The van der Waals surface area contributed by atoms with Gasteiger partial charge >= 0.3 is 0 Å². The van der Waals surface area contributed by atoms with Crippen LogP contribution in [0.5, 0.6) is 11.5 Å². The summed E-state index contributed by atoms with van der Waals surface area (Å²) >= 11 is 0. The van der Waals surface area contributed by atoms with E-state index in [1.807, 2.05) is 53.4 Å². The highest BCUT2D eigenvalue weighted by atomic mass is 16.5. The first-order valence-corrected chi connectivity index (χ1v) is 10.6. The molecule has 0 radical (unpaired) electrons. The van der Waals surface area contributed by atoms with Gasteiger partial charge in [0.25, 0.3) is 5.91 Å². The summed E-state index contributed by atoms with van der Waals surface area (Å²) in [5.74, 6) is 1.87. The normalized spacial score (nSPS) is 15.8. The van der Waals surface area contributed by atoms with Crippen molar-refractivity contribution >= 4 is 16.7 Å². The summed E-state index contributed by atoms with van der Waals surface area (Å²) in [6.07, 6.45) is 5.37. The van der Waals surface area contributed by atoms with E-state index in [9.17, 15) is 4.79 Å². The van der Waals surface area contributed by atoms with E-state index in [2.05, 4.69) is 10.1 Å². The molecule has 0 saturated carbocycles. The maximum atomic E-state index is 13.2. The SMILES string of the molecule is COc1cccc([C@H]2CCCN2C(=O)c2cc(COc3cccc4cnccc34)on2)c1. The number of carbonyl (C=O) groups excluding carboxylic acids is 1. The zero-order valence-corrected chi connectivity index (χ0v) is 17.7. The molecule has 4 aromatic rings. The predicted octanol–water partition coefficient (Wildman–Crippen LogP) is 4.79. The highest BCUT2D eigenvalue weighted by Gasteiger charge is 2.32. The monoisotopic (exact) mass is 429 g/mol. The highest BCUT2D eigenvalue weighted by molar-refractivity contribution is 5.92. The van der Waals surface area contributed by atoms with E-state index in [4.69, 9.17) is 14.0 Å². The van der Waals surface area contributed by atoms with Gasteiger partial charge in [-0.2, -0.15) is 0 Å². The number of pyridine rings is 1. The molecule has 7 nitrogen and oxygen atoms in total. The summed E-state index contributed by atoms with van der Waals surface area (Å²) in [7, 11) is 1.64. The van der Waals surface area contributed by atoms with Crippen molar-refractivity contribution in [2.24, 2.45) is 0 Å². The molecular formula is C25H23N3O4. The fourth-order valence-electron chi connectivity index (χ4n) is 4.20. The van der Waals surface area contributed by atoms with Gasteiger partial charge in [-0.3, -0.25) is 9.78 Å². The number of benzene rings is 2. The van der Waals surface area contributed by atoms with Crippen LogP contribution in [0, 0.1) is 0 Å². The van der Waals surface area contributed by atoms with Crippen LogP contribution in [0.4, 0.5) is 0 Å². The van der Waals surface area contributed by atoms with Crippen LogP contribution in [0.15, 0.2) is 71.5 Å². The number of rotatable bonds is 6. The maximum absolute atomic E-state index is 13.2. The minimum absolute atomic E-state index is 0.00158. The first-order chi connectivity index (χ1) is 15.7. The smallest absolute Gasteiger partial charge is 0.276 e. The lowest BCUT2D eigenvalue weighted by Crippen LogP contribution is -2.30. The van der Waals surface area contributed by atoms with E-state index in [0.29, 0.717) is 18.0 Å². The van der Waals surface area contributed by atoms with E-state index in [-0.39, 0.29) is 18.6 Å². The van der Waals surface area contributed by atoms with Gasteiger partial charge in [0.1, 0.15) is 18.1 Å². The number of carbonyl (C=O) groups is 1. The first-order valence-electron chi connectivity index (χ1n) is 10.6. The second kappa shape index (κ2) is 8.70. The van der Waals surface area contributed by atoms with Crippen LogP contribution in [-0.4, -0.2) is 34.6 Å². The molecule has 1 aliphatic heterocycles. The Morgan fingerprint density at radius 1 is 1.19 bits per heavy atom. The lowest BCUT2D eigenvalue weighted by molar-refractivity contribution is 0.0724. The van der Waals surface area contributed by atoms with Crippen molar-refractivity contribution in [3.8, 4) is 11.5 Å². The molecular weight excluding hydrogens is 406 g/mol. The number of methoxy groups -OCH3 is 1. The Balaban J connectivity index is 1.30. The number of nitrogens with zero attached hydrogens (tertiary/aromatic N) is 3. The number of hydrogen-bond acceptors (Lipinski definition) is 6. The van der Waals surface area contributed by atoms with Crippen LogP contribution in [0.2, 0.25) is 0 Å². The van der Waals surface area contributed by atoms with Crippen molar-refractivity contribution in [2.75, 3.05) is 13.7 Å². The van der Waals surface area contributed by atoms with Crippen LogP contribution in [-0.2, 0) is 6.61 Å². The minimum Gasteiger partial charge on any atom is -0.497 e. The lowest BCUT2D eigenvalue weighted by atomic mass is 10.0. The van der Waals surface area contributed by atoms with Gasteiger partial charge in [0.05, 0.1) is 13.2 Å². The van der Waals surface area contributed by atoms with Crippen molar-refractivity contribution in [1.82, 2.24) is 15.0 Å². The third-order valence-corrected chi connectivity index (χ3v) is 5.78. The Kier molecular flexibility index (Phi) is 5.46. The predicted molar refractivity (Wildman–Crippen MR) is 119 cm³/mol. The van der Waals surface area contributed by atoms with Gasteiger partial charge in [-0.05, 0) is 42.7 Å². The average Bonchev–Trinajstić information content (AvgIpc) is 3.52. The van der Waals surface area contributed by atoms with E-state index in [1.54, 1.807) is 25.6 Å². The number of fused-ring (bicyclic) bond motifs is 1. The Hall–Kier alpha value is -3.87. The molecule has 1 saturated heterocycles. The second-order valence-electron chi connectivity index (χ2n) is 7.75. The summed E-state index contributed by atoms with van der Waals surface area (Å²) in [5.41, 5.74) is 1.35. The van der Waals surface area contributed by atoms with E-state index in [1.165, 1.54) is 0 Å². The van der Waals surface area contributed by atoms with Crippen molar-refractivity contribution in [1.29, 1.82) is 0 Å². The molecule has 162 valence electrons. The average molecular weight is 429 g/mol. The summed E-state index contributed by atoms with van der Waals surface area (Å²) in [5, 5.41) is 5.98. The van der Waals surface area contributed by atoms with Gasteiger partial charge in [0.15, 0.2) is 11.5 Å². The second-order valence-corrected chi connectivity index (χ2v) is 7.75. The van der Waals surface area contributed by atoms with Crippen LogP contribution in [0.1, 0.15) is 40.7 Å². The zero-order valence-electron chi connectivity index (χ0n) is 17.7. The maximum Gasteiger partial charge on any atom is 0.276 e. The van der Waals surface area contributed by atoms with Crippen molar-refractivity contribution in [3.63, 3.8) is 0 Å². The van der Waals surface area contributed by atoms with Crippen LogP contribution >= 0.6 is 0 Å². The van der Waals surface area contributed by atoms with Gasteiger partial charge in [-0.25, -0.2) is 0 Å². The minimum atomic E-state index is -0.137. The lowest BCUT2D eigenvalue weighted by Gasteiger charge is -2.24. The van der Waals surface area contributed by atoms with Gasteiger partial charge in [-0.1, -0.05) is 29.4 Å². The quantitative estimate of drug-likeness (QED) is 0.439. The summed E-state index contributed by atoms with van der Waals surface area (Å²) in [6, 6.07) is 17.2. The number of hydrogen-bond donors (Lipinski definition) is 0. The largest absolute Gasteiger partial charge is 0.497 e. The molecule has 32 heavy (non-hydrogen) atoms. The zero-order chi connectivity index (χ0) is 21.9. The topological polar surface area (TPSA) is 77.7 Å². The third-order valence-electron chi connectivity index (χ3n) is 5.78. The fourth-order valence-corrected chi connectivity index (χ4v) is 4.20. The van der Waals surface area contributed by atoms with Crippen LogP contribution in [0.3, 0.4) is 0 Å². The molecule has 0 aliphatic carbocycles. The molecule has 5 rings (SSSR count). The highest BCUT2D eigenvalue weighted by Crippen LogP contribution is 2.34. The van der Waals surface area contributed by atoms with Crippen molar-refractivity contribution in [3.05, 3.63) is 84.0 Å². The standard InChI is InChI=1S/C25H23N3O4/c1-30-19-7-2-5-17(13-19)23-8-4-12-28(23)25(29)22-14-20(32-27-22)16-31-24-9-3-6-18-15-26-11-10-21(18)24/h2-3,5-7,9-11,13-15,23H,4,8,12,16H2,1H3/t23-/m1/s1. The van der Waals surface area contributed by atoms with E-state index in [0.717, 1.165) is 40.7 Å². The van der Waals surface area contributed by atoms with Gasteiger partial charge in [0, 0.05) is 35.8 Å².